The van der Waals surface area contributed by atoms with E-state index in [4.69, 9.17) is 10.9 Å². The number of nitrogens with zero attached hydrogens (tertiary/aromatic N) is 2. The largest absolute Gasteiger partial charge is 0.409 e. The maximum atomic E-state index is 11.3. The molecule has 98 valence electrons. The second kappa shape index (κ2) is 6.85. The van der Waals surface area contributed by atoms with Gasteiger partial charge in [-0.2, -0.15) is 0 Å². The quantitative estimate of drug-likeness (QED) is 0.240. The molecule has 1 aromatic rings. The summed E-state index contributed by atoms with van der Waals surface area (Å²) >= 11 is 1.31. The van der Waals surface area contributed by atoms with Crippen molar-refractivity contribution in [2.45, 2.75) is 18.9 Å². The molecule has 18 heavy (non-hydrogen) atoms. The van der Waals surface area contributed by atoms with Gasteiger partial charge in [0.25, 0.3) is 0 Å². The van der Waals surface area contributed by atoms with Crippen LogP contribution in [0.15, 0.2) is 22.3 Å². The van der Waals surface area contributed by atoms with E-state index < -0.39 is 0 Å². The van der Waals surface area contributed by atoms with Crippen molar-refractivity contribution in [3.8, 4) is 0 Å². The van der Waals surface area contributed by atoms with Crippen molar-refractivity contribution < 1.29 is 10.0 Å². The summed E-state index contributed by atoms with van der Waals surface area (Å²) in [4.78, 5) is 15.6. The summed E-state index contributed by atoms with van der Waals surface area (Å²) in [6.07, 6.45) is 0. The molecule has 1 amide bonds. The van der Waals surface area contributed by atoms with Crippen LogP contribution in [0.3, 0.4) is 0 Å². The molecule has 1 heterocycles. The van der Waals surface area contributed by atoms with Crippen LogP contribution < -0.4 is 11.1 Å². The molecule has 0 aromatic carbocycles. The van der Waals surface area contributed by atoms with E-state index in [1.54, 1.807) is 12.1 Å². The van der Waals surface area contributed by atoms with E-state index in [1.165, 1.54) is 11.8 Å². The van der Waals surface area contributed by atoms with Gasteiger partial charge < -0.3 is 16.3 Å². The van der Waals surface area contributed by atoms with E-state index in [2.05, 4.69) is 15.5 Å². The second-order valence-electron chi connectivity index (χ2n) is 3.56. The van der Waals surface area contributed by atoms with E-state index in [-0.39, 0.29) is 11.7 Å². The number of thioether (sulfide) groups is 1. The highest BCUT2D eigenvalue weighted by molar-refractivity contribution is 7.99. The van der Waals surface area contributed by atoms with E-state index in [9.17, 15) is 4.79 Å². The molecule has 1 rings (SSSR count). The molecule has 0 aliphatic rings. The Labute approximate surface area is 110 Å². The minimum atomic E-state index is -0.0452. The summed E-state index contributed by atoms with van der Waals surface area (Å²) in [6, 6.07) is 3.40. The lowest BCUT2D eigenvalue weighted by Gasteiger charge is -2.05. The first-order valence-corrected chi connectivity index (χ1v) is 6.41. The molecule has 0 saturated carbocycles. The SMILES string of the molecule is CCNC(=O)CSc1cc(/C(N)=N/O)cc(C)n1. The fourth-order valence-electron chi connectivity index (χ4n) is 1.31. The molecular weight excluding hydrogens is 252 g/mol. The van der Waals surface area contributed by atoms with E-state index >= 15 is 0 Å². The van der Waals surface area contributed by atoms with Crippen molar-refractivity contribution in [3.05, 3.63) is 23.4 Å². The van der Waals surface area contributed by atoms with Crippen LogP contribution in [0, 0.1) is 6.92 Å². The number of oxime groups is 1. The van der Waals surface area contributed by atoms with E-state index in [0.717, 1.165) is 5.69 Å². The Bertz CT molecular complexity index is 462. The number of amides is 1. The number of aryl methyl sites for hydroxylation is 1. The lowest BCUT2D eigenvalue weighted by Crippen LogP contribution is -2.24. The maximum absolute atomic E-state index is 11.3. The van der Waals surface area contributed by atoms with Crippen molar-refractivity contribution in [1.29, 1.82) is 0 Å². The van der Waals surface area contributed by atoms with Gasteiger partial charge in [0, 0.05) is 17.8 Å². The first kappa shape index (κ1) is 14.3. The zero-order valence-electron chi connectivity index (χ0n) is 10.3. The lowest BCUT2D eigenvalue weighted by atomic mass is 10.2. The van der Waals surface area contributed by atoms with Crippen LogP contribution in [0.5, 0.6) is 0 Å². The van der Waals surface area contributed by atoms with Gasteiger partial charge in [-0.1, -0.05) is 16.9 Å². The Kier molecular flexibility index (Phi) is 5.44. The normalized spacial score (nSPS) is 11.3. The standard InChI is InChI=1S/C11H16N4O2S/c1-3-13-9(16)6-18-10-5-8(11(12)15-17)4-7(2)14-10/h4-5,17H,3,6H2,1-2H3,(H2,12,15)(H,13,16). The predicted molar refractivity (Wildman–Crippen MR) is 70.9 cm³/mol. The number of nitrogens with two attached hydrogens (primary N) is 1. The van der Waals surface area contributed by atoms with Crippen LogP contribution in [-0.4, -0.2) is 34.2 Å². The molecule has 0 unspecified atom stereocenters. The molecule has 0 saturated heterocycles. The summed E-state index contributed by atoms with van der Waals surface area (Å²) in [5, 5.41) is 14.9. The summed E-state index contributed by atoms with van der Waals surface area (Å²) in [7, 11) is 0. The van der Waals surface area contributed by atoms with Crippen LogP contribution in [0.1, 0.15) is 18.2 Å². The van der Waals surface area contributed by atoms with Crippen LogP contribution in [0.4, 0.5) is 0 Å². The van der Waals surface area contributed by atoms with Crippen molar-refractivity contribution >= 4 is 23.5 Å². The fraction of sp³-hybridized carbons (Fsp3) is 0.364. The van der Waals surface area contributed by atoms with E-state index in [1.807, 2.05) is 13.8 Å². The topological polar surface area (TPSA) is 101 Å². The van der Waals surface area contributed by atoms with Crippen LogP contribution in [0.2, 0.25) is 0 Å². The molecule has 6 nitrogen and oxygen atoms in total. The van der Waals surface area contributed by atoms with Gasteiger partial charge in [0.15, 0.2) is 5.84 Å². The van der Waals surface area contributed by atoms with Gasteiger partial charge in [0.05, 0.1) is 10.8 Å². The highest BCUT2D eigenvalue weighted by Crippen LogP contribution is 2.17. The lowest BCUT2D eigenvalue weighted by molar-refractivity contribution is -0.118. The summed E-state index contributed by atoms with van der Waals surface area (Å²) in [5.74, 6) is 0.274. The van der Waals surface area contributed by atoms with Crippen molar-refractivity contribution in [2.24, 2.45) is 10.9 Å². The number of aromatic nitrogens is 1. The molecule has 0 radical (unpaired) electrons. The molecule has 4 N–H and O–H groups in total. The van der Waals surface area contributed by atoms with Gasteiger partial charge in [-0.25, -0.2) is 4.98 Å². The summed E-state index contributed by atoms with van der Waals surface area (Å²) in [6.45, 7) is 4.28. The maximum Gasteiger partial charge on any atom is 0.230 e. The number of carbonyl (C=O) groups excluding carboxylic acids is 1. The van der Waals surface area contributed by atoms with Gasteiger partial charge in [0.1, 0.15) is 0 Å². The number of rotatable bonds is 5. The molecule has 0 atom stereocenters. The smallest absolute Gasteiger partial charge is 0.230 e. The number of nitrogens with one attached hydrogen (secondary N) is 1. The zero-order valence-corrected chi connectivity index (χ0v) is 11.1. The molecule has 0 fully saturated rings. The third-order valence-corrected chi connectivity index (χ3v) is 2.97. The molecule has 0 aliphatic heterocycles. The predicted octanol–water partition coefficient (Wildman–Crippen LogP) is 0.713. The van der Waals surface area contributed by atoms with Crippen molar-refractivity contribution in [2.75, 3.05) is 12.3 Å². The highest BCUT2D eigenvalue weighted by Gasteiger charge is 2.07. The number of carbonyl (C=O) groups is 1. The van der Waals surface area contributed by atoms with Gasteiger partial charge in [-0.3, -0.25) is 4.79 Å². The molecule has 7 heteroatoms. The third-order valence-electron chi connectivity index (χ3n) is 2.06. The molecule has 0 bridgehead atoms. The molecule has 1 aromatic heterocycles. The average molecular weight is 268 g/mol. The number of pyridine rings is 1. The van der Waals surface area contributed by atoms with Gasteiger partial charge in [-0.15, -0.1) is 0 Å². The fourth-order valence-corrected chi connectivity index (χ4v) is 2.11. The molecular formula is C11H16N4O2S. The molecule has 0 spiro atoms. The number of amidine groups is 1. The Morgan fingerprint density at radius 1 is 1.61 bits per heavy atom. The van der Waals surface area contributed by atoms with Crippen LogP contribution in [-0.2, 0) is 4.79 Å². The minimum absolute atomic E-state index is 0.0281. The Morgan fingerprint density at radius 2 is 2.33 bits per heavy atom. The van der Waals surface area contributed by atoms with E-state index in [0.29, 0.717) is 22.9 Å². The van der Waals surface area contributed by atoms with Gasteiger partial charge in [-0.05, 0) is 26.0 Å². The van der Waals surface area contributed by atoms with Crippen LogP contribution in [0.25, 0.3) is 0 Å². The van der Waals surface area contributed by atoms with Crippen LogP contribution >= 0.6 is 11.8 Å². The highest BCUT2D eigenvalue weighted by atomic mass is 32.2. The van der Waals surface area contributed by atoms with Crippen molar-refractivity contribution in [1.82, 2.24) is 10.3 Å². The Hall–Kier alpha value is -1.76. The van der Waals surface area contributed by atoms with Gasteiger partial charge >= 0.3 is 0 Å². The number of hydrogen-bond acceptors (Lipinski definition) is 5. The Morgan fingerprint density at radius 3 is 2.94 bits per heavy atom. The molecule has 0 aliphatic carbocycles. The third kappa shape index (κ3) is 4.25. The first-order chi connectivity index (χ1) is 8.56. The Balaban J connectivity index is 2.77. The minimum Gasteiger partial charge on any atom is -0.409 e. The second-order valence-corrected chi connectivity index (χ2v) is 4.56. The zero-order chi connectivity index (χ0) is 13.5. The first-order valence-electron chi connectivity index (χ1n) is 5.43. The summed E-state index contributed by atoms with van der Waals surface area (Å²) < 4.78 is 0. The monoisotopic (exact) mass is 268 g/mol. The van der Waals surface area contributed by atoms with Gasteiger partial charge in [0.2, 0.25) is 5.91 Å². The summed E-state index contributed by atoms with van der Waals surface area (Å²) in [5.41, 5.74) is 6.85. The number of hydrogen-bond donors (Lipinski definition) is 3. The average Bonchev–Trinajstić information content (AvgIpc) is 2.35. The van der Waals surface area contributed by atoms with Crippen molar-refractivity contribution in [3.63, 3.8) is 0 Å².